The standard InChI is InChI=1S/C31H35NO6/c1-2-19-38-31(35)32-18-17-27-28(22-32)25(12-16-30(33)34)11-15-29(27)37-21-6-20-36-26-13-9-24(10-14-26)23-7-4-3-5-8-23/h3-5,7-11,13-15H,2,6,12,16-22H2,1H3,(H,33,34). The van der Waals surface area contributed by atoms with E-state index in [4.69, 9.17) is 19.3 Å². The van der Waals surface area contributed by atoms with E-state index >= 15 is 0 Å². The number of hydrogen-bond donors (Lipinski definition) is 1. The fraction of sp³-hybridized carbons (Fsp3) is 0.355. The van der Waals surface area contributed by atoms with E-state index < -0.39 is 5.97 Å². The highest BCUT2D eigenvalue weighted by Gasteiger charge is 2.26. The molecule has 0 saturated carbocycles. The Morgan fingerprint density at radius 3 is 2.34 bits per heavy atom. The molecule has 0 atom stereocenters. The fourth-order valence-electron chi connectivity index (χ4n) is 4.56. The molecule has 1 aliphatic rings. The minimum absolute atomic E-state index is 0.0383. The number of amides is 1. The number of carbonyl (C=O) groups excluding carboxylic acids is 1. The van der Waals surface area contributed by atoms with Crippen molar-refractivity contribution in [3.05, 3.63) is 83.4 Å². The number of hydrogen-bond acceptors (Lipinski definition) is 5. The minimum Gasteiger partial charge on any atom is -0.493 e. The van der Waals surface area contributed by atoms with E-state index in [1.807, 2.05) is 49.4 Å². The number of nitrogens with zero attached hydrogens (tertiary/aromatic N) is 1. The first kappa shape index (κ1) is 27.0. The Morgan fingerprint density at radius 1 is 0.868 bits per heavy atom. The summed E-state index contributed by atoms with van der Waals surface area (Å²) in [5.41, 5.74) is 5.27. The Morgan fingerprint density at radius 2 is 1.61 bits per heavy atom. The molecule has 3 aromatic rings. The zero-order chi connectivity index (χ0) is 26.7. The Kier molecular flexibility index (Phi) is 9.62. The SMILES string of the molecule is CCCOC(=O)N1CCc2c(OCCCOc3ccc(-c4ccccc4)cc3)ccc(CCC(=O)O)c2C1. The van der Waals surface area contributed by atoms with Crippen molar-refractivity contribution in [2.75, 3.05) is 26.4 Å². The van der Waals surface area contributed by atoms with Crippen molar-refractivity contribution in [2.45, 2.75) is 45.6 Å². The maximum atomic E-state index is 12.4. The van der Waals surface area contributed by atoms with Crippen LogP contribution < -0.4 is 9.47 Å². The number of aryl methyl sites for hydroxylation is 1. The van der Waals surface area contributed by atoms with Gasteiger partial charge in [0.05, 0.1) is 19.8 Å². The van der Waals surface area contributed by atoms with E-state index in [2.05, 4.69) is 24.3 Å². The highest BCUT2D eigenvalue weighted by molar-refractivity contribution is 5.69. The lowest BCUT2D eigenvalue weighted by molar-refractivity contribution is -0.136. The van der Waals surface area contributed by atoms with Crippen LogP contribution in [0.4, 0.5) is 4.79 Å². The average molecular weight is 518 g/mol. The molecule has 3 aromatic carbocycles. The van der Waals surface area contributed by atoms with Gasteiger partial charge in [0.1, 0.15) is 11.5 Å². The molecular weight excluding hydrogens is 482 g/mol. The van der Waals surface area contributed by atoms with Crippen LogP contribution in [-0.4, -0.2) is 48.4 Å². The molecule has 0 spiro atoms. The molecule has 7 nitrogen and oxygen atoms in total. The van der Waals surface area contributed by atoms with Gasteiger partial charge in [-0.3, -0.25) is 4.79 Å². The largest absolute Gasteiger partial charge is 0.493 e. The normalized spacial score (nSPS) is 12.5. The topological polar surface area (TPSA) is 85.3 Å². The van der Waals surface area contributed by atoms with Gasteiger partial charge in [-0.15, -0.1) is 0 Å². The third-order valence-electron chi connectivity index (χ3n) is 6.54. The molecule has 0 fully saturated rings. The van der Waals surface area contributed by atoms with Crippen LogP contribution in [-0.2, 0) is 28.9 Å². The summed E-state index contributed by atoms with van der Waals surface area (Å²) in [4.78, 5) is 25.3. The molecule has 1 amide bonds. The molecule has 200 valence electrons. The van der Waals surface area contributed by atoms with Gasteiger partial charge in [0.2, 0.25) is 0 Å². The van der Waals surface area contributed by atoms with Crippen molar-refractivity contribution in [1.82, 2.24) is 4.90 Å². The number of fused-ring (bicyclic) bond motifs is 1. The highest BCUT2D eigenvalue weighted by atomic mass is 16.6. The number of benzene rings is 3. The maximum Gasteiger partial charge on any atom is 0.410 e. The van der Waals surface area contributed by atoms with Gasteiger partial charge in [0, 0.05) is 31.5 Å². The van der Waals surface area contributed by atoms with Crippen molar-refractivity contribution in [3.63, 3.8) is 0 Å². The van der Waals surface area contributed by atoms with Gasteiger partial charge in [-0.2, -0.15) is 0 Å². The van der Waals surface area contributed by atoms with Crippen LogP contribution in [0, 0.1) is 0 Å². The molecule has 4 rings (SSSR count). The molecule has 0 aromatic heterocycles. The third-order valence-corrected chi connectivity index (χ3v) is 6.54. The highest BCUT2D eigenvalue weighted by Crippen LogP contribution is 2.32. The van der Waals surface area contributed by atoms with Gasteiger partial charge in [0.25, 0.3) is 0 Å². The second-order valence-electron chi connectivity index (χ2n) is 9.30. The van der Waals surface area contributed by atoms with Crippen molar-refractivity contribution < 1.29 is 28.9 Å². The Labute approximate surface area is 224 Å². The maximum absolute atomic E-state index is 12.4. The Bertz CT molecular complexity index is 1210. The fourth-order valence-corrected chi connectivity index (χ4v) is 4.56. The molecule has 0 bridgehead atoms. The van der Waals surface area contributed by atoms with Crippen LogP contribution >= 0.6 is 0 Å². The number of rotatable bonds is 12. The van der Waals surface area contributed by atoms with E-state index in [9.17, 15) is 9.59 Å². The summed E-state index contributed by atoms with van der Waals surface area (Å²) in [5, 5.41) is 9.16. The van der Waals surface area contributed by atoms with Crippen LogP contribution in [0.1, 0.15) is 42.9 Å². The van der Waals surface area contributed by atoms with E-state index in [1.165, 1.54) is 5.56 Å². The number of carbonyl (C=O) groups is 2. The number of carboxylic acids is 1. The van der Waals surface area contributed by atoms with Crippen LogP contribution in [0.25, 0.3) is 11.1 Å². The predicted octanol–water partition coefficient (Wildman–Crippen LogP) is 6.12. The molecule has 7 heteroatoms. The molecule has 0 unspecified atom stereocenters. The van der Waals surface area contributed by atoms with E-state index in [0.717, 1.165) is 40.2 Å². The van der Waals surface area contributed by atoms with Crippen LogP contribution in [0.15, 0.2) is 66.7 Å². The van der Waals surface area contributed by atoms with Gasteiger partial charge < -0.3 is 24.2 Å². The Hall–Kier alpha value is -4.00. The van der Waals surface area contributed by atoms with Gasteiger partial charge in [-0.1, -0.05) is 55.5 Å². The van der Waals surface area contributed by atoms with Gasteiger partial charge in [0.15, 0.2) is 0 Å². The number of aliphatic carboxylic acids is 1. The lowest BCUT2D eigenvalue weighted by Crippen LogP contribution is -2.37. The number of ether oxygens (including phenoxy) is 3. The van der Waals surface area contributed by atoms with E-state index in [0.29, 0.717) is 52.2 Å². The molecule has 1 aliphatic heterocycles. The van der Waals surface area contributed by atoms with Crippen molar-refractivity contribution >= 4 is 12.1 Å². The second-order valence-corrected chi connectivity index (χ2v) is 9.30. The quantitative estimate of drug-likeness (QED) is 0.291. The van der Waals surface area contributed by atoms with Crippen LogP contribution in [0.5, 0.6) is 11.5 Å². The summed E-state index contributed by atoms with van der Waals surface area (Å²) in [6.07, 6.45) is 2.23. The van der Waals surface area contributed by atoms with Crippen molar-refractivity contribution in [2.24, 2.45) is 0 Å². The van der Waals surface area contributed by atoms with Gasteiger partial charge in [-0.25, -0.2) is 4.79 Å². The zero-order valence-electron chi connectivity index (χ0n) is 21.9. The van der Waals surface area contributed by atoms with Crippen LogP contribution in [0.3, 0.4) is 0 Å². The monoisotopic (exact) mass is 517 g/mol. The summed E-state index contributed by atoms with van der Waals surface area (Å²) in [7, 11) is 0. The lowest BCUT2D eigenvalue weighted by atomic mass is 9.92. The van der Waals surface area contributed by atoms with Crippen molar-refractivity contribution in [1.29, 1.82) is 0 Å². The molecule has 38 heavy (non-hydrogen) atoms. The first-order valence-electron chi connectivity index (χ1n) is 13.2. The molecule has 0 aliphatic carbocycles. The summed E-state index contributed by atoms with van der Waals surface area (Å²) in [6, 6.07) is 22.1. The summed E-state index contributed by atoms with van der Waals surface area (Å²) < 4.78 is 17.3. The predicted molar refractivity (Wildman–Crippen MR) is 146 cm³/mol. The van der Waals surface area contributed by atoms with Gasteiger partial charge in [-0.05, 0) is 59.7 Å². The average Bonchev–Trinajstić information content (AvgIpc) is 2.95. The molecule has 0 radical (unpaired) electrons. The smallest absolute Gasteiger partial charge is 0.410 e. The summed E-state index contributed by atoms with van der Waals surface area (Å²) in [5.74, 6) is 0.761. The molecule has 1 N–H and O–H groups in total. The van der Waals surface area contributed by atoms with Crippen molar-refractivity contribution in [3.8, 4) is 22.6 Å². The molecule has 0 saturated heterocycles. The van der Waals surface area contributed by atoms with Gasteiger partial charge >= 0.3 is 12.1 Å². The Balaban J connectivity index is 1.33. The third kappa shape index (κ3) is 7.28. The van der Waals surface area contributed by atoms with E-state index in [-0.39, 0.29) is 12.5 Å². The first-order valence-corrected chi connectivity index (χ1v) is 13.2. The zero-order valence-corrected chi connectivity index (χ0v) is 21.9. The first-order chi connectivity index (χ1) is 18.5. The second kappa shape index (κ2) is 13.5. The number of carboxylic acid groups (broad SMARTS) is 1. The molecule has 1 heterocycles. The minimum atomic E-state index is -0.844. The van der Waals surface area contributed by atoms with E-state index in [1.54, 1.807) is 4.90 Å². The summed E-state index contributed by atoms with van der Waals surface area (Å²) >= 11 is 0. The van der Waals surface area contributed by atoms with Crippen LogP contribution in [0.2, 0.25) is 0 Å². The lowest BCUT2D eigenvalue weighted by Gasteiger charge is -2.31. The summed E-state index contributed by atoms with van der Waals surface area (Å²) in [6.45, 7) is 4.30. The molecular formula is C31H35NO6.